The molecule has 0 aliphatic carbocycles. The van der Waals surface area contributed by atoms with Gasteiger partial charge in [-0.15, -0.1) is 6.58 Å². The highest BCUT2D eigenvalue weighted by atomic mass is 28.3. The first-order chi connectivity index (χ1) is 2.77. The van der Waals surface area contributed by atoms with Crippen LogP contribution in [-0.2, 0) is 4.80 Å². The van der Waals surface area contributed by atoms with Gasteiger partial charge >= 0.3 is 0 Å². The molecular weight excluding hydrogens is 92.1 g/mol. The first-order valence-electron chi connectivity index (χ1n) is 2.04. The van der Waals surface area contributed by atoms with E-state index >= 15 is 0 Å². The third kappa shape index (κ3) is 3.92. The van der Waals surface area contributed by atoms with Crippen LogP contribution in [0, 0.1) is 0 Å². The molecule has 0 aromatic carbocycles. The molecule has 1 radical (unpaired) electrons. The molecule has 0 N–H and O–H groups in total. The summed E-state index contributed by atoms with van der Waals surface area (Å²) in [4.78, 5) is 10.2. The second-order valence-electron chi connectivity index (χ2n) is 1.33. The normalized spacial score (nSPS) is 13.7. The van der Waals surface area contributed by atoms with Crippen molar-refractivity contribution in [2.75, 3.05) is 0 Å². The summed E-state index contributed by atoms with van der Waals surface area (Å²) in [5, 5.41) is 0. The van der Waals surface area contributed by atoms with Crippen molar-refractivity contribution >= 4 is 9.04 Å². The lowest BCUT2D eigenvalue weighted by Crippen LogP contribution is -1.98. The SMILES string of the molecule is C=CC[SiH](C)[O]. The molecule has 0 fully saturated rings. The van der Waals surface area contributed by atoms with Crippen molar-refractivity contribution in [1.29, 1.82) is 0 Å². The summed E-state index contributed by atoms with van der Waals surface area (Å²) in [7, 11) is -1.54. The van der Waals surface area contributed by atoms with Gasteiger partial charge in [-0.2, -0.15) is 0 Å². The molecule has 0 aromatic rings. The van der Waals surface area contributed by atoms with Crippen molar-refractivity contribution in [2.24, 2.45) is 0 Å². The van der Waals surface area contributed by atoms with Gasteiger partial charge in [0.2, 0.25) is 9.04 Å². The second-order valence-corrected chi connectivity index (χ2v) is 3.43. The van der Waals surface area contributed by atoms with E-state index in [0.29, 0.717) is 0 Å². The summed E-state index contributed by atoms with van der Waals surface area (Å²) in [6, 6.07) is 0.722. The van der Waals surface area contributed by atoms with Crippen LogP contribution in [0.1, 0.15) is 0 Å². The van der Waals surface area contributed by atoms with E-state index in [1.807, 2.05) is 0 Å². The standard InChI is InChI=1S/C4H9OSi/c1-3-4-6(2)5/h3,6H,1,4H2,2H3. The van der Waals surface area contributed by atoms with Crippen LogP contribution < -0.4 is 0 Å². The van der Waals surface area contributed by atoms with Crippen LogP contribution in [0.3, 0.4) is 0 Å². The maximum atomic E-state index is 10.2. The molecule has 0 amide bonds. The molecule has 0 saturated heterocycles. The molecule has 0 aromatic heterocycles. The van der Waals surface area contributed by atoms with Crippen LogP contribution >= 0.6 is 0 Å². The van der Waals surface area contributed by atoms with Gasteiger partial charge in [0.15, 0.2) is 0 Å². The first-order valence-corrected chi connectivity index (χ1v) is 4.48. The van der Waals surface area contributed by atoms with Crippen molar-refractivity contribution in [2.45, 2.75) is 12.6 Å². The Morgan fingerprint density at radius 3 is 2.50 bits per heavy atom. The molecule has 0 aliphatic rings. The first kappa shape index (κ1) is 5.92. The monoisotopic (exact) mass is 101 g/mol. The zero-order chi connectivity index (χ0) is 4.99. The molecule has 0 heterocycles. The van der Waals surface area contributed by atoms with E-state index in [2.05, 4.69) is 6.58 Å². The number of hydrogen-bond acceptors (Lipinski definition) is 0. The smallest absolute Gasteiger partial charge is 0.222 e. The van der Waals surface area contributed by atoms with Gasteiger partial charge in [0.1, 0.15) is 0 Å². The molecule has 6 heavy (non-hydrogen) atoms. The van der Waals surface area contributed by atoms with Crippen LogP contribution in [-0.4, -0.2) is 9.04 Å². The van der Waals surface area contributed by atoms with Crippen molar-refractivity contribution in [3.63, 3.8) is 0 Å². The van der Waals surface area contributed by atoms with Crippen LogP contribution in [0.2, 0.25) is 12.6 Å². The highest BCUT2D eigenvalue weighted by molar-refractivity contribution is 6.48. The Kier molecular flexibility index (Phi) is 3.08. The lowest BCUT2D eigenvalue weighted by Gasteiger charge is -1.85. The van der Waals surface area contributed by atoms with Crippen molar-refractivity contribution in [3.8, 4) is 0 Å². The van der Waals surface area contributed by atoms with Gasteiger partial charge in [0.05, 0.1) is 0 Å². The molecule has 0 aliphatic heterocycles. The maximum Gasteiger partial charge on any atom is 0.222 e. The molecular formula is C4H9OSi. The average molecular weight is 101 g/mol. The Bertz CT molecular complexity index is 42.8. The van der Waals surface area contributed by atoms with E-state index in [0.717, 1.165) is 6.04 Å². The minimum absolute atomic E-state index is 0.722. The maximum absolute atomic E-state index is 10.2. The summed E-state index contributed by atoms with van der Waals surface area (Å²) in [6.07, 6.45) is 1.70. The molecule has 0 rings (SSSR count). The predicted molar refractivity (Wildman–Crippen MR) is 28.7 cm³/mol. The minimum Gasteiger partial charge on any atom is -0.302 e. The zero-order valence-corrected chi connectivity index (χ0v) is 5.13. The molecule has 1 atom stereocenters. The van der Waals surface area contributed by atoms with E-state index < -0.39 is 9.04 Å². The van der Waals surface area contributed by atoms with Gasteiger partial charge in [-0.1, -0.05) is 6.08 Å². The zero-order valence-electron chi connectivity index (χ0n) is 3.98. The van der Waals surface area contributed by atoms with E-state index in [1.54, 1.807) is 12.6 Å². The minimum atomic E-state index is -1.54. The molecule has 35 valence electrons. The topological polar surface area (TPSA) is 19.9 Å². The summed E-state index contributed by atoms with van der Waals surface area (Å²) in [5.74, 6) is 0. The molecule has 0 saturated carbocycles. The van der Waals surface area contributed by atoms with E-state index in [4.69, 9.17) is 0 Å². The molecule has 2 heteroatoms. The average Bonchev–Trinajstić information content (AvgIpc) is 1.35. The quantitative estimate of drug-likeness (QED) is 0.364. The van der Waals surface area contributed by atoms with Gasteiger partial charge in [0, 0.05) is 0 Å². The van der Waals surface area contributed by atoms with Crippen molar-refractivity contribution in [3.05, 3.63) is 12.7 Å². The fraction of sp³-hybridized carbons (Fsp3) is 0.500. The largest absolute Gasteiger partial charge is 0.302 e. The third-order valence-electron chi connectivity index (χ3n) is 0.499. The van der Waals surface area contributed by atoms with Crippen molar-refractivity contribution in [1.82, 2.24) is 0 Å². The highest BCUT2D eigenvalue weighted by Gasteiger charge is 1.92. The van der Waals surface area contributed by atoms with Crippen LogP contribution in [0.4, 0.5) is 0 Å². The van der Waals surface area contributed by atoms with Crippen LogP contribution in [0.5, 0.6) is 0 Å². The van der Waals surface area contributed by atoms with Gasteiger partial charge in [0.25, 0.3) is 0 Å². The van der Waals surface area contributed by atoms with E-state index in [1.165, 1.54) is 0 Å². The lowest BCUT2D eigenvalue weighted by molar-refractivity contribution is 0.456. The van der Waals surface area contributed by atoms with Gasteiger partial charge in [-0.3, -0.25) is 0 Å². The summed E-state index contributed by atoms with van der Waals surface area (Å²) < 4.78 is 0. The Hall–Kier alpha value is -0.0831. The Labute approximate surface area is 40.0 Å². The van der Waals surface area contributed by atoms with Crippen LogP contribution in [0.15, 0.2) is 12.7 Å². The lowest BCUT2D eigenvalue weighted by atomic mass is 10.8. The predicted octanol–water partition coefficient (Wildman–Crippen LogP) is 0.956. The Balaban J connectivity index is 2.81. The summed E-state index contributed by atoms with van der Waals surface area (Å²) in [6.45, 7) is 5.20. The van der Waals surface area contributed by atoms with Gasteiger partial charge in [-0.25, -0.2) is 0 Å². The molecule has 1 nitrogen and oxygen atoms in total. The van der Waals surface area contributed by atoms with E-state index in [9.17, 15) is 4.80 Å². The number of hydrogen-bond donors (Lipinski definition) is 0. The van der Waals surface area contributed by atoms with E-state index in [-0.39, 0.29) is 0 Å². The number of rotatable bonds is 2. The Morgan fingerprint density at radius 2 is 2.50 bits per heavy atom. The van der Waals surface area contributed by atoms with Gasteiger partial charge < -0.3 is 4.80 Å². The van der Waals surface area contributed by atoms with Gasteiger partial charge in [-0.05, 0) is 12.6 Å². The fourth-order valence-corrected chi connectivity index (χ4v) is 0.704. The molecule has 0 bridgehead atoms. The second kappa shape index (κ2) is 3.12. The third-order valence-corrected chi connectivity index (χ3v) is 1.50. The summed E-state index contributed by atoms with van der Waals surface area (Å²) in [5.41, 5.74) is 0. The highest BCUT2D eigenvalue weighted by Crippen LogP contribution is 1.85. The molecule has 1 unspecified atom stereocenters. The fourth-order valence-electron chi connectivity index (χ4n) is 0.235. The van der Waals surface area contributed by atoms with Crippen LogP contribution in [0.25, 0.3) is 0 Å². The molecule has 0 spiro atoms. The number of allylic oxidation sites excluding steroid dienone is 1. The summed E-state index contributed by atoms with van der Waals surface area (Å²) >= 11 is 0. The Morgan fingerprint density at radius 1 is 2.00 bits per heavy atom. The van der Waals surface area contributed by atoms with Crippen molar-refractivity contribution < 1.29 is 4.80 Å².